The fraction of sp³-hybridized carbons (Fsp3) is 0. The van der Waals surface area contributed by atoms with Crippen LogP contribution in [0.3, 0.4) is 0 Å². The predicted molar refractivity (Wildman–Crippen MR) is 90.7 cm³/mol. The molecule has 0 N–H and O–H groups in total. The Morgan fingerprint density at radius 1 is 0.762 bits per heavy atom. The zero-order chi connectivity index (χ0) is 13.6. The van der Waals surface area contributed by atoms with Gasteiger partial charge in [0.1, 0.15) is 0 Å². The summed E-state index contributed by atoms with van der Waals surface area (Å²) in [7, 11) is 0. The molecule has 4 rings (SSSR count). The van der Waals surface area contributed by atoms with Gasteiger partial charge in [0.2, 0.25) is 0 Å². The van der Waals surface area contributed by atoms with E-state index in [1.807, 2.05) is 0 Å². The summed E-state index contributed by atoms with van der Waals surface area (Å²) in [4.78, 5) is 2.70. The summed E-state index contributed by atoms with van der Waals surface area (Å²) in [6, 6.07) is 25.2. The number of thiophene rings is 2. The normalized spacial score (nSPS) is 9.52. The fourth-order valence-corrected chi connectivity index (χ4v) is 3.43. The molecule has 0 saturated carbocycles. The number of rotatable bonds is 2. The summed E-state index contributed by atoms with van der Waals surface area (Å²) < 4.78 is 0. The molecule has 4 aromatic rings. The van der Waals surface area contributed by atoms with Gasteiger partial charge in [0.05, 0.1) is 0 Å². The van der Waals surface area contributed by atoms with Crippen molar-refractivity contribution >= 4 is 22.7 Å². The standard InChI is InChI=1S/2C9H7S.Fe/c2*1-2-5-8(4-1)9-6-3-7-10-9;/h2*1-7H;/q-5;-1;. The van der Waals surface area contributed by atoms with Crippen molar-refractivity contribution in [2.75, 3.05) is 0 Å². The van der Waals surface area contributed by atoms with Crippen molar-refractivity contribution in [3.63, 3.8) is 0 Å². The summed E-state index contributed by atoms with van der Waals surface area (Å²) in [6.45, 7) is 0. The molecule has 112 valence electrons. The molecule has 3 heteroatoms. The van der Waals surface area contributed by atoms with Crippen molar-refractivity contribution in [3.05, 3.63) is 83.6 Å². The molecule has 21 heavy (non-hydrogen) atoms. The van der Waals surface area contributed by atoms with E-state index in [-0.39, 0.29) is 17.1 Å². The first kappa shape index (κ1) is 16.0. The van der Waals surface area contributed by atoms with Gasteiger partial charge in [-0.1, -0.05) is 11.4 Å². The van der Waals surface area contributed by atoms with Gasteiger partial charge in [-0.3, -0.25) is 0 Å². The van der Waals surface area contributed by atoms with Crippen molar-refractivity contribution in [2.45, 2.75) is 0 Å². The van der Waals surface area contributed by atoms with Gasteiger partial charge in [-0.15, -0.1) is 23.8 Å². The number of hydrogen-bond acceptors (Lipinski definition) is 2. The molecule has 0 aliphatic carbocycles. The Hall–Kier alpha value is -1.38. The molecule has 2 aromatic heterocycles. The van der Waals surface area contributed by atoms with E-state index < -0.39 is 0 Å². The Morgan fingerprint density at radius 3 is 1.86 bits per heavy atom. The van der Waals surface area contributed by atoms with Crippen molar-refractivity contribution in [3.8, 4) is 20.9 Å². The Balaban J connectivity index is 0.000000147. The third-order valence-corrected chi connectivity index (χ3v) is 4.77. The second-order valence-electron chi connectivity index (χ2n) is 4.30. The Bertz CT molecular complexity index is 559. The Kier molecular flexibility index (Phi) is 6.21. The maximum atomic E-state index is 2.14. The average molecular weight is 350 g/mol. The van der Waals surface area contributed by atoms with Crippen LogP contribution in [0.5, 0.6) is 0 Å². The maximum absolute atomic E-state index is 2.14. The summed E-state index contributed by atoms with van der Waals surface area (Å²) in [5, 5.41) is 4.20. The topological polar surface area (TPSA) is 0 Å². The average Bonchev–Trinajstić information content (AvgIpc) is 3.29. The van der Waals surface area contributed by atoms with Crippen LogP contribution in [-0.4, -0.2) is 0 Å². The molecule has 2 heterocycles. The monoisotopic (exact) mass is 350 g/mol. The van der Waals surface area contributed by atoms with Crippen molar-refractivity contribution in [2.24, 2.45) is 0 Å². The van der Waals surface area contributed by atoms with Gasteiger partial charge >= 0.3 is 0 Å². The van der Waals surface area contributed by atoms with E-state index in [2.05, 4.69) is 83.6 Å². The van der Waals surface area contributed by atoms with Crippen molar-refractivity contribution in [1.29, 1.82) is 0 Å². The van der Waals surface area contributed by atoms with Crippen LogP contribution in [0.25, 0.3) is 20.9 Å². The fourth-order valence-electron chi connectivity index (χ4n) is 1.96. The first-order valence-corrected chi connectivity index (χ1v) is 8.20. The molecule has 0 unspecified atom stereocenters. The van der Waals surface area contributed by atoms with Crippen molar-refractivity contribution < 1.29 is 17.1 Å². The third-order valence-electron chi connectivity index (χ3n) is 2.94. The van der Waals surface area contributed by atoms with Gasteiger partial charge in [-0.2, -0.15) is 29.5 Å². The molecular formula is C18H14FeS2-6. The van der Waals surface area contributed by atoms with Crippen LogP contribution in [0.4, 0.5) is 0 Å². The molecular weight excluding hydrogens is 336 g/mol. The van der Waals surface area contributed by atoms with E-state index in [0.717, 1.165) is 0 Å². The van der Waals surface area contributed by atoms with Crippen LogP contribution < -0.4 is 0 Å². The molecule has 0 bridgehead atoms. The van der Waals surface area contributed by atoms with Gasteiger partial charge in [-0.25, -0.2) is 0 Å². The zero-order valence-electron chi connectivity index (χ0n) is 11.3. The van der Waals surface area contributed by atoms with Crippen LogP contribution in [0, 0.1) is 0 Å². The van der Waals surface area contributed by atoms with E-state index in [0.29, 0.717) is 0 Å². The minimum atomic E-state index is 0. The van der Waals surface area contributed by atoms with Crippen LogP contribution in [-0.2, 0) is 17.1 Å². The van der Waals surface area contributed by atoms with Crippen LogP contribution in [0.1, 0.15) is 0 Å². The van der Waals surface area contributed by atoms with E-state index in [1.54, 1.807) is 22.7 Å². The second kappa shape index (κ2) is 8.16. The van der Waals surface area contributed by atoms with E-state index in [4.69, 9.17) is 0 Å². The van der Waals surface area contributed by atoms with E-state index in [9.17, 15) is 0 Å². The molecule has 0 atom stereocenters. The van der Waals surface area contributed by atoms with E-state index >= 15 is 0 Å². The summed E-state index contributed by atoms with van der Waals surface area (Å²) in [5.74, 6) is 0. The largest absolute Gasteiger partial charge is 0.671 e. The van der Waals surface area contributed by atoms with Gasteiger partial charge < -0.3 is 52.1 Å². The molecule has 2 aromatic carbocycles. The Morgan fingerprint density at radius 2 is 1.33 bits per heavy atom. The SMILES string of the molecule is [Fe].c1csc(-[c-]2[cH-][cH-][cH-][cH-]2)c1.c1csc(-[c-]2cccc2)c1. The van der Waals surface area contributed by atoms with Gasteiger partial charge in [0.15, 0.2) is 0 Å². The van der Waals surface area contributed by atoms with Crippen molar-refractivity contribution in [1.82, 2.24) is 0 Å². The predicted octanol–water partition coefficient (Wildman–Crippen LogP) is 6.27. The summed E-state index contributed by atoms with van der Waals surface area (Å²) >= 11 is 3.56. The van der Waals surface area contributed by atoms with Crippen LogP contribution >= 0.6 is 22.7 Å². The summed E-state index contributed by atoms with van der Waals surface area (Å²) in [5.41, 5.74) is 2.66. The van der Waals surface area contributed by atoms with Gasteiger partial charge in [0.25, 0.3) is 0 Å². The quantitative estimate of drug-likeness (QED) is 0.295. The number of hydrogen-bond donors (Lipinski definition) is 0. The molecule has 0 saturated heterocycles. The Labute approximate surface area is 143 Å². The molecule has 0 fully saturated rings. The maximum Gasteiger partial charge on any atom is 0 e. The molecule has 0 nitrogen and oxygen atoms in total. The van der Waals surface area contributed by atoms with Crippen LogP contribution in [0.2, 0.25) is 0 Å². The molecule has 0 spiro atoms. The first-order chi connectivity index (χ1) is 9.93. The first-order valence-electron chi connectivity index (χ1n) is 6.45. The minimum absolute atomic E-state index is 0. The third kappa shape index (κ3) is 4.29. The molecule has 0 aliphatic heterocycles. The summed E-state index contributed by atoms with van der Waals surface area (Å²) in [6.07, 6.45) is 0. The van der Waals surface area contributed by atoms with Crippen LogP contribution in [0.15, 0.2) is 83.6 Å². The molecule has 0 radical (unpaired) electrons. The van der Waals surface area contributed by atoms with Gasteiger partial charge in [-0.05, 0) is 10.3 Å². The zero-order valence-corrected chi connectivity index (χ0v) is 14.0. The van der Waals surface area contributed by atoms with Gasteiger partial charge in [0, 0.05) is 17.1 Å². The minimum Gasteiger partial charge on any atom is -0.671 e. The molecule has 0 amide bonds. The smallest absolute Gasteiger partial charge is 0 e. The molecule has 0 aliphatic rings. The van der Waals surface area contributed by atoms with E-state index in [1.165, 1.54) is 20.9 Å². The second-order valence-corrected chi connectivity index (χ2v) is 6.20.